The number of carbonyl (C=O) groups is 1. The zero-order chi connectivity index (χ0) is 18.5. The van der Waals surface area contributed by atoms with E-state index in [9.17, 15) is 4.79 Å². The van der Waals surface area contributed by atoms with Gasteiger partial charge in [-0.05, 0) is 54.3 Å². The van der Waals surface area contributed by atoms with E-state index in [4.69, 9.17) is 27.9 Å². The summed E-state index contributed by atoms with van der Waals surface area (Å²) in [5, 5.41) is 1.97. The van der Waals surface area contributed by atoms with Gasteiger partial charge in [0.2, 0.25) is 0 Å². The Kier molecular flexibility index (Phi) is 6.25. The Morgan fingerprint density at radius 2 is 1.69 bits per heavy atom. The molecular weight excluding hydrogens is 391 g/mol. The lowest BCUT2D eigenvalue weighted by atomic mass is 10.2. The monoisotopic (exact) mass is 406 g/mol. The summed E-state index contributed by atoms with van der Waals surface area (Å²) < 4.78 is 5.68. The van der Waals surface area contributed by atoms with Crippen LogP contribution in [0, 0.1) is 0 Å². The van der Waals surface area contributed by atoms with Gasteiger partial charge in [-0.2, -0.15) is 0 Å². The van der Waals surface area contributed by atoms with Gasteiger partial charge >= 0.3 is 0 Å². The van der Waals surface area contributed by atoms with Gasteiger partial charge in [0.05, 0.1) is 6.54 Å². The second-order valence-corrected chi connectivity index (χ2v) is 7.09. The van der Waals surface area contributed by atoms with E-state index < -0.39 is 0 Å². The topological polar surface area (TPSA) is 41.9 Å². The Hall–Kier alpha value is -1.95. The summed E-state index contributed by atoms with van der Waals surface area (Å²) in [6.07, 6.45) is 3.65. The zero-order valence-corrected chi connectivity index (χ0v) is 16.3. The van der Waals surface area contributed by atoms with Crippen LogP contribution in [0.25, 0.3) is 6.08 Å². The summed E-state index contributed by atoms with van der Waals surface area (Å²) in [6.45, 7) is 0.778. The number of benzene rings is 2. The van der Waals surface area contributed by atoms with E-state index in [2.05, 4.69) is 4.99 Å². The molecule has 0 N–H and O–H groups in total. The molecule has 2 aromatic carbocycles. The van der Waals surface area contributed by atoms with Crippen LogP contribution in [0.1, 0.15) is 5.56 Å². The summed E-state index contributed by atoms with van der Waals surface area (Å²) in [5.41, 5.74) is 1.28. The molecule has 0 bridgehead atoms. The molecule has 7 heteroatoms. The molecule has 0 unspecified atom stereocenters. The van der Waals surface area contributed by atoms with E-state index >= 15 is 0 Å². The van der Waals surface area contributed by atoms with Gasteiger partial charge in [-0.15, -0.1) is 0 Å². The van der Waals surface area contributed by atoms with E-state index in [1.165, 1.54) is 11.8 Å². The molecule has 1 amide bonds. The third-order valence-corrected chi connectivity index (χ3v) is 4.85. The number of amides is 1. The molecule has 1 heterocycles. The SMILES string of the molecule is CSC1=N/C(=C/c2ccc(Cl)cc2)C(=O)N1CCOc1ccc(Cl)cc1. The molecule has 134 valence electrons. The normalized spacial score (nSPS) is 15.5. The van der Waals surface area contributed by atoms with E-state index in [0.29, 0.717) is 39.8 Å². The van der Waals surface area contributed by atoms with E-state index in [0.717, 1.165) is 5.56 Å². The molecule has 3 rings (SSSR count). The molecule has 0 saturated carbocycles. The standard InChI is InChI=1S/C19H16Cl2N2O2S/c1-26-19-22-17(12-13-2-4-14(20)5-3-13)18(24)23(19)10-11-25-16-8-6-15(21)7-9-16/h2-9,12H,10-11H2,1H3/b17-12+. The van der Waals surface area contributed by atoms with E-state index in [-0.39, 0.29) is 5.91 Å². The first-order chi connectivity index (χ1) is 12.6. The first-order valence-corrected chi connectivity index (χ1v) is 9.85. The Bertz CT molecular complexity index is 849. The van der Waals surface area contributed by atoms with Crippen LogP contribution in [0.4, 0.5) is 0 Å². The number of thioether (sulfide) groups is 1. The van der Waals surface area contributed by atoms with Gasteiger partial charge < -0.3 is 4.74 Å². The number of hydrogen-bond acceptors (Lipinski definition) is 4. The average molecular weight is 407 g/mol. The summed E-state index contributed by atoms with van der Waals surface area (Å²) in [4.78, 5) is 18.7. The molecule has 0 fully saturated rings. The first kappa shape index (κ1) is 18.8. The van der Waals surface area contributed by atoms with Crippen molar-refractivity contribution in [3.8, 4) is 5.75 Å². The Morgan fingerprint density at radius 1 is 1.08 bits per heavy atom. The number of halogens is 2. The van der Waals surface area contributed by atoms with Crippen molar-refractivity contribution in [2.24, 2.45) is 4.99 Å². The van der Waals surface area contributed by atoms with Gasteiger partial charge in [0, 0.05) is 10.0 Å². The lowest BCUT2D eigenvalue weighted by molar-refractivity contribution is -0.122. The Labute approximate surface area is 166 Å². The average Bonchev–Trinajstić information content (AvgIpc) is 2.94. The number of aliphatic imine (C=N–C) groups is 1. The summed E-state index contributed by atoms with van der Waals surface area (Å²) in [6, 6.07) is 14.4. The molecule has 1 aliphatic heterocycles. The molecule has 4 nitrogen and oxygen atoms in total. The molecule has 0 spiro atoms. The van der Waals surface area contributed by atoms with Crippen molar-refractivity contribution < 1.29 is 9.53 Å². The first-order valence-electron chi connectivity index (χ1n) is 7.87. The van der Waals surface area contributed by atoms with Crippen molar-refractivity contribution in [1.29, 1.82) is 0 Å². The van der Waals surface area contributed by atoms with Gasteiger partial charge in [0.1, 0.15) is 18.1 Å². The van der Waals surface area contributed by atoms with Crippen molar-refractivity contribution in [3.05, 3.63) is 69.8 Å². The lowest BCUT2D eigenvalue weighted by Crippen LogP contribution is -2.34. The minimum atomic E-state index is -0.135. The van der Waals surface area contributed by atoms with Gasteiger partial charge in [0.25, 0.3) is 5.91 Å². The van der Waals surface area contributed by atoms with Crippen LogP contribution in [-0.4, -0.2) is 35.4 Å². The van der Waals surface area contributed by atoms with Gasteiger partial charge in [-0.1, -0.05) is 47.1 Å². The van der Waals surface area contributed by atoms with Crippen LogP contribution in [0.15, 0.2) is 59.2 Å². The number of amidine groups is 1. The van der Waals surface area contributed by atoms with Crippen LogP contribution in [0.3, 0.4) is 0 Å². The van der Waals surface area contributed by atoms with E-state index in [1.54, 1.807) is 47.4 Å². The second kappa shape index (κ2) is 8.62. The predicted molar refractivity (Wildman–Crippen MR) is 109 cm³/mol. The molecule has 0 saturated heterocycles. The van der Waals surface area contributed by atoms with Gasteiger partial charge in [-0.25, -0.2) is 4.99 Å². The van der Waals surface area contributed by atoms with Crippen molar-refractivity contribution >= 4 is 52.1 Å². The molecule has 0 radical (unpaired) electrons. The highest BCUT2D eigenvalue weighted by molar-refractivity contribution is 8.13. The molecule has 0 aromatic heterocycles. The molecule has 1 aliphatic rings. The number of hydrogen-bond donors (Lipinski definition) is 0. The predicted octanol–water partition coefficient (Wildman–Crippen LogP) is 4.97. The second-order valence-electron chi connectivity index (χ2n) is 5.44. The van der Waals surface area contributed by atoms with Crippen LogP contribution >= 0.6 is 35.0 Å². The number of carbonyl (C=O) groups excluding carboxylic acids is 1. The maximum Gasteiger partial charge on any atom is 0.278 e. The lowest BCUT2D eigenvalue weighted by Gasteiger charge is -2.17. The van der Waals surface area contributed by atoms with Crippen LogP contribution in [-0.2, 0) is 4.79 Å². The third-order valence-electron chi connectivity index (χ3n) is 3.66. The molecular formula is C19H16Cl2N2O2S. The number of nitrogens with zero attached hydrogens (tertiary/aromatic N) is 2. The molecule has 0 aliphatic carbocycles. The number of ether oxygens (including phenoxy) is 1. The highest BCUT2D eigenvalue weighted by Gasteiger charge is 2.29. The summed E-state index contributed by atoms with van der Waals surface area (Å²) in [5.74, 6) is 0.574. The fourth-order valence-corrected chi connectivity index (χ4v) is 3.22. The van der Waals surface area contributed by atoms with Gasteiger partial charge in [-0.3, -0.25) is 9.69 Å². The van der Waals surface area contributed by atoms with Crippen molar-refractivity contribution in [3.63, 3.8) is 0 Å². The largest absolute Gasteiger partial charge is 0.492 e. The smallest absolute Gasteiger partial charge is 0.278 e. The molecule has 2 aromatic rings. The fourth-order valence-electron chi connectivity index (χ4n) is 2.39. The minimum Gasteiger partial charge on any atom is -0.492 e. The highest BCUT2D eigenvalue weighted by Crippen LogP contribution is 2.23. The number of rotatable bonds is 5. The van der Waals surface area contributed by atoms with Crippen LogP contribution in [0.5, 0.6) is 5.75 Å². The summed E-state index contributed by atoms with van der Waals surface area (Å²) in [7, 11) is 0. The Balaban J connectivity index is 1.66. The quantitative estimate of drug-likeness (QED) is 0.657. The molecule has 26 heavy (non-hydrogen) atoms. The third kappa shape index (κ3) is 4.61. The maximum atomic E-state index is 12.7. The van der Waals surface area contributed by atoms with Crippen LogP contribution < -0.4 is 4.74 Å². The fraction of sp³-hybridized carbons (Fsp3) is 0.158. The van der Waals surface area contributed by atoms with Crippen molar-refractivity contribution in [2.75, 3.05) is 19.4 Å². The van der Waals surface area contributed by atoms with Crippen molar-refractivity contribution in [1.82, 2.24) is 4.90 Å². The van der Waals surface area contributed by atoms with Gasteiger partial charge in [0.15, 0.2) is 5.17 Å². The van der Waals surface area contributed by atoms with E-state index in [1.807, 2.05) is 18.4 Å². The minimum absolute atomic E-state index is 0.135. The maximum absolute atomic E-state index is 12.7. The molecule has 0 atom stereocenters. The zero-order valence-electron chi connectivity index (χ0n) is 14.0. The Morgan fingerprint density at radius 3 is 2.31 bits per heavy atom. The highest BCUT2D eigenvalue weighted by atomic mass is 35.5. The van der Waals surface area contributed by atoms with Crippen LogP contribution in [0.2, 0.25) is 10.0 Å². The van der Waals surface area contributed by atoms with Crippen molar-refractivity contribution in [2.45, 2.75) is 0 Å². The summed E-state index contributed by atoms with van der Waals surface area (Å²) >= 11 is 13.2.